The molecule has 10 heavy (non-hydrogen) atoms. The van der Waals surface area contributed by atoms with E-state index < -0.39 is 0 Å². The molecule has 5 nitrogen and oxygen atoms in total. The Morgan fingerprint density at radius 2 is 2.10 bits per heavy atom. The van der Waals surface area contributed by atoms with E-state index in [1.165, 1.54) is 19.4 Å². The molecule has 0 aliphatic carbocycles. The highest BCUT2D eigenvalue weighted by Gasteiger charge is 1.67. The molecule has 0 bridgehead atoms. The minimum Gasteiger partial charge on any atom is -0.347 e. The van der Waals surface area contributed by atoms with E-state index in [9.17, 15) is 0 Å². The van der Waals surface area contributed by atoms with Crippen LogP contribution >= 0.6 is 0 Å². The van der Waals surface area contributed by atoms with Crippen LogP contribution in [0.15, 0.2) is 6.33 Å². The number of nitrogens with zero attached hydrogens (tertiary/aromatic N) is 4. The molecule has 0 aromatic carbocycles. The second-order valence-electron chi connectivity index (χ2n) is 1.63. The van der Waals surface area contributed by atoms with Crippen LogP contribution in [-0.2, 0) is 0 Å². The zero-order chi connectivity index (χ0) is 7.66. The van der Waals surface area contributed by atoms with Gasteiger partial charge >= 0.3 is 0 Å². The molecule has 0 saturated heterocycles. The van der Waals surface area contributed by atoms with Crippen LogP contribution in [0.4, 0.5) is 0 Å². The minimum absolute atomic E-state index is 1.22. The van der Waals surface area contributed by atoms with Crippen molar-refractivity contribution < 1.29 is 5.32 Å². The predicted octanol–water partition coefficient (Wildman–Crippen LogP) is -1.58. The van der Waals surface area contributed by atoms with E-state index in [2.05, 4.69) is 39.8 Å². The van der Waals surface area contributed by atoms with Gasteiger partial charge in [-0.25, -0.2) is 0 Å². The molecule has 0 spiro atoms. The number of tetrazole rings is 1. The van der Waals surface area contributed by atoms with Gasteiger partial charge in [0.2, 0.25) is 0 Å². The first-order chi connectivity index (χ1) is 4.91. The summed E-state index contributed by atoms with van der Waals surface area (Å²) in [6, 6.07) is 0. The van der Waals surface area contributed by atoms with Crippen LogP contribution in [0.3, 0.4) is 0 Å². The first-order valence-corrected chi connectivity index (χ1v) is 3.35. The smallest absolute Gasteiger partial charge is 0.0726 e. The Hall–Kier alpha value is -0.970. The van der Waals surface area contributed by atoms with Gasteiger partial charge < -0.3 is 10.4 Å². The van der Waals surface area contributed by atoms with Crippen molar-refractivity contribution in [3.63, 3.8) is 0 Å². The van der Waals surface area contributed by atoms with E-state index in [1.54, 1.807) is 0 Å². The first kappa shape index (κ1) is 9.03. The highest BCUT2D eigenvalue weighted by Crippen LogP contribution is 1.41. The summed E-state index contributed by atoms with van der Waals surface area (Å²) in [5.41, 5.74) is 0. The number of hydrogen-bond donors (Lipinski definition) is 1. The van der Waals surface area contributed by atoms with Gasteiger partial charge in [0, 0.05) is 0 Å². The lowest BCUT2D eigenvalue weighted by atomic mass is 10.7. The molecule has 0 radical (unpaired) electrons. The second kappa shape index (κ2) is 8.03. The van der Waals surface area contributed by atoms with E-state index >= 15 is 0 Å². The number of rotatable bonds is 2. The first-order valence-electron chi connectivity index (χ1n) is 3.35. The molecule has 1 aromatic rings. The Balaban J connectivity index is 0.000000162. The zero-order valence-electron chi connectivity index (χ0n) is 6.36. The predicted molar refractivity (Wildman–Crippen MR) is 36.2 cm³/mol. The van der Waals surface area contributed by atoms with Crippen LogP contribution in [0.5, 0.6) is 0 Å². The Morgan fingerprint density at radius 1 is 1.40 bits per heavy atom. The van der Waals surface area contributed by atoms with E-state index in [1.807, 2.05) is 0 Å². The van der Waals surface area contributed by atoms with E-state index in [-0.39, 0.29) is 0 Å². The lowest BCUT2D eigenvalue weighted by Crippen LogP contribution is -2.82. The van der Waals surface area contributed by atoms with Gasteiger partial charge in [0.25, 0.3) is 0 Å². The van der Waals surface area contributed by atoms with Crippen molar-refractivity contribution in [3.8, 4) is 0 Å². The summed E-state index contributed by atoms with van der Waals surface area (Å²) in [5.74, 6) is 0. The third-order valence-corrected chi connectivity index (χ3v) is 0.824. The monoisotopic (exact) mass is 143 g/mol. The summed E-state index contributed by atoms with van der Waals surface area (Å²) in [4.78, 5) is 0. The van der Waals surface area contributed by atoms with Gasteiger partial charge in [-0.3, -0.25) is 10.3 Å². The van der Waals surface area contributed by atoms with Gasteiger partial charge in [-0.05, 0) is 20.2 Å². The van der Waals surface area contributed by atoms with Gasteiger partial charge in [-0.15, -0.1) is 0 Å². The van der Waals surface area contributed by atoms with Crippen LogP contribution in [0.25, 0.3) is 0 Å². The van der Waals surface area contributed by atoms with Gasteiger partial charge in [0.1, 0.15) is 0 Å². The van der Waals surface area contributed by atoms with Crippen LogP contribution in [0.1, 0.15) is 13.8 Å². The average molecular weight is 143 g/mol. The van der Waals surface area contributed by atoms with Crippen LogP contribution < -0.4 is 10.4 Å². The maximum atomic E-state index is 3.25. The molecule has 2 N–H and O–H groups in total. The average Bonchev–Trinajstić information content (AvgIpc) is 2.44. The maximum Gasteiger partial charge on any atom is 0.0726 e. The Morgan fingerprint density at radius 3 is 2.20 bits per heavy atom. The largest absolute Gasteiger partial charge is 0.347 e. The molecule has 0 aliphatic heterocycles. The second-order valence-corrected chi connectivity index (χ2v) is 1.63. The fourth-order valence-corrected chi connectivity index (χ4v) is 0.404. The molecular formula is C5H13N5. The molecule has 0 atom stereocenters. The van der Waals surface area contributed by atoms with E-state index in [0.29, 0.717) is 0 Å². The van der Waals surface area contributed by atoms with E-state index in [4.69, 9.17) is 0 Å². The standard InChI is InChI=1S/C4H11N.CHN4/c1-3-5-4-2;1-2-4-5-3-1/h5H,3-4H2,1-2H3;1H/q;-1/p+1. The molecule has 0 aliphatic rings. The quantitative estimate of drug-likeness (QED) is 0.542. The molecule has 1 aromatic heterocycles. The fourth-order valence-electron chi connectivity index (χ4n) is 0.404. The molecule has 1 heterocycles. The Labute approximate surface area is 60.2 Å². The van der Waals surface area contributed by atoms with Crippen molar-refractivity contribution in [2.24, 2.45) is 0 Å². The summed E-state index contributed by atoms with van der Waals surface area (Å²) in [5, 5.41) is 15.0. The third-order valence-electron chi connectivity index (χ3n) is 0.824. The van der Waals surface area contributed by atoms with Crippen molar-refractivity contribution in [1.82, 2.24) is 20.6 Å². The van der Waals surface area contributed by atoms with Gasteiger partial charge in [-0.1, -0.05) is 0 Å². The zero-order valence-corrected chi connectivity index (χ0v) is 6.36. The topological polar surface area (TPSA) is 69.4 Å². The van der Waals surface area contributed by atoms with Gasteiger partial charge in [-0.2, -0.15) is 5.21 Å². The molecule has 58 valence electrons. The van der Waals surface area contributed by atoms with Crippen molar-refractivity contribution in [1.29, 1.82) is 0 Å². The molecule has 0 unspecified atom stereocenters. The van der Waals surface area contributed by atoms with Crippen molar-refractivity contribution >= 4 is 0 Å². The third kappa shape index (κ3) is 7.03. The number of quaternary nitrogens is 1. The lowest BCUT2D eigenvalue weighted by molar-refractivity contribution is -0.648. The Bertz CT molecular complexity index is 96.4. The summed E-state index contributed by atoms with van der Waals surface area (Å²) in [6.07, 6.45) is 1.28. The molecular weight excluding hydrogens is 130 g/mol. The van der Waals surface area contributed by atoms with Gasteiger partial charge in [0.05, 0.1) is 13.1 Å². The number of aromatic nitrogens is 4. The number of nitrogens with two attached hydrogens (primary N) is 1. The minimum atomic E-state index is 1.22. The van der Waals surface area contributed by atoms with E-state index in [0.717, 1.165) is 0 Å². The van der Waals surface area contributed by atoms with Gasteiger partial charge in [0.15, 0.2) is 0 Å². The lowest BCUT2D eigenvalue weighted by Gasteiger charge is -1.83. The van der Waals surface area contributed by atoms with Crippen LogP contribution in [0.2, 0.25) is 0 Å². The molecule has 1 rings (SSSR count). The Kier molecular flexibility index (Phi) is 7.25. The van der Waals surface area contributed by atoms with Crippen LogP contribution in [-0.4, -0.2) is 28.6 Å². The fraction of sp³-hybridized carbons (Fsp3) is 0.800. The highest BCUT2D eigenvalue weighted by molar-refractivity contribution is 4.23. The number of hydrogen-bond acceptors (Lipinski definition) is 3. The van der Waals surface area contributed by atoms with Crippen molar-refractivity contribution in [2.45, 2.75) is 13.8 Å². The maximum absolute atomic E-state index is 3.25. The van der Waals surface area contributed by atoms with Crippen molar-refractivity contribution in [2.75, 3.05) is 13.1 Å². The summed E-state index contributed by atoms with van der Waals surface area (Å²) < 4.78 is 0. The summed E-state index contributed by atoms with van der Waals surface area (Å²) in [6.45, 7) is 6.75. The summed E-state index contributed by atoms with van der Waals surface area (Å²) >= 11 is 0. The molecule has 0 fully saturated rings. The van der Waals surface area contributed by atoms with Crippen LogP contribution in [0, 0.1) is 0 Å². The SMILES string of the molecule is CC[NH2+]CC.c1nnn[n-]1. The van der Waals surface area contributed by atoms with Crippen molar-refractivity contribution in [3.05, 3.63) is 6.33 Å². The summed E-state index contributed by atoms with van der Waals surface area (Å²) in [7, 11) is 0. The molecule has 0 amide bonds. The molecule has 0 saturated carbocycles. The highest BCUT2D eigenvalue weighted by atomic mass is 15.5. The normalized spacial score (nSPS) is 8.20. The molecule has 5 heteroatoms.